The van der Waals surface area contributed by atoms with Crippen LogP contribution in [0.4, 0.5) is 0 Å². The van der Waals surface area contributed by atoms with E-state index in [0.717, 1.165) is 16.3 Å². The standard InChI is InChI=1S/C23H26N2O7/c1-13-14(2)25(29)23(24(13)11-15-4-7-19-21(8-15)32-12-31-19)17(10-22(27)28)16-5-6-18(26)20(9-16)30-3/h4-9,17,23,26,29H,10-12H2,1-3H3,(H,27,28). The van der Waals surface area contributed by atoms with Crippen molar-refractivity contribution >= 4 is 5.97 Å². The third-order valence-electron chi connectivity index (χ3n) is 6.04. The number of hydrogen-bond donors (Lipinski definition) is 3. The number of ether oxygens (including phenoxy) is 3. The molecule has 2 heterocycles. The van der Waals surface area contributed by atoms with E-state index in [1.165, 1.54) is 13.2 Å². The van der Waals surface area contributed by atoms with Gasteiger partial charge in [0, 0.05) is 18.2 Å². The van der Waals surface area contributed by atoms with Crippen LogP contribution in [0.2, 0.25) is 0 Å². The smallest absolute Gasteiger partial charge is 0.304 e. The zero-order valence-electron chi connectivity index (χ0n) is 18.1. The largest absolute Gasteiger partial charge is 0.504 e. The number of phenolic OH excluding ortho intramolecular Hbond substituents is 1. The molecule has 2 aliphatic rings. The van der Waals surface area contributed by atoms with Crippen molar-refractivity contribution < 1.29 is 34.4 Å². The second kappa shape index (κ2) is 8.51. The molecule has 32 heavy (non-hydrogen) atoms. The fourth-order valence-corrected chi connectivity index (χ4v) is 4.25. The van der Waals surface area contributed by atoms with Crippen LogP contribution in [0.25, 0.3) is 0 Å². The highest BCUT2D eigenvalue weighted by Gasteiger charge is 2.41. The number of aliphatic carboxylic acids is 1. The van der Waals surface area contributed by atoms with Gasteiger partial charge in [-0.15, -0.1) is 0 Å². The van der Waals surface area contributed by atoms with E-state index < -0.39 is 18.1 Å². The number of allylic oxidation sites excluding steroid dienone is 2. The van der Waals surface area contributed by atoms with E-state index in [2.05, 4.69) is 0 Å². The Kier molecular flexibility index (Phi) is 5.75. The van der Waals surface area contributed by atoms with E-state index in [-0.39, 0.29) is 24.7 Å². The Morgan fingerprint density at radius 1 is 1.16 bits per heavy atom. The summed E-state index contributed by atoms with van der Waals surface area (Å²) in [6.07, 6.45) is -0.904. The maximum Gasteiger partial charge on any atom is 0.304 e. The maximum absolute atomic E-state index is 11.8. The molecule has 9 heteroatoms. The molecule has 3 N–H and O–H groups in total. The Morgan fingerprint density at radius 3 is 2.62 bits per heavy atom. The Bertz CT molecular complexity index is 1070. The number of carbonyl (C=O) groups is 1. The molecule has 2 aromatic rings. The van der Waals surface area contributed by atoms with Crippen molar-refractivity contribution in [2.45, 2.75) is 38.9 Å². The van der Waals surface area contributed by atoms with Crippen LogP contribution in [0.1, 0.15) is 37.3 Å². The zero-order valence-corrected chi connectivity index (χ0v) is 18.1. The van der Waals surface area contributed by atoms with E-state index in [1.807, 2.05) is 30.0 Å². The van der Waals surface area contributed by atoms with E-state index in [1.54, 1.807) is 19.1 Å². The quantitative estimate of drug-likeness (QED) is 0.593. The van der Waals surface area contributed by atoms with Gasteiger partial charge >= 0.3 is 5.97 Å². The van der Waals surface area contributed by atoms with Crippen molar-refractivity contribution in [3.63, 3.8) is 0 Å². The summed E-state index contributed by atoms with van der Waals surface area (Å²) in [5.41, 5.74) is 3.02. The summed E-state index contributed by atoms with van der Waals surface area (Å²) in [7, 11) is 1.43. The molecule has 9 nitrogen and oxygen atoms in total. The van der Waals surface area contributed by atoms with Gasteiger partial charge < -0.3 is 29.3 Å². The van der Waals surface area contributed by atoms with Gasteiger partial charge in [-0.05, 0) is 49.2 Å². The Morgan fingerprint density at radius 2 is 1.91 bits per heavy atom. The van der Waals surface area contributed by atoms with E-state index in [4.69, 9.17) is 14.2 Å². The first-order chi connectivity index (χ1) is 15.3. The highest BCUT2D eigenvalue weighted by molar-refractivity contribution is 5.68. The van der Waals surface area contributed by atoms with Gasteiger partial charge in [0.15, 0.2) is 23.0 Å². The van der Waals surface area contributed by atoms with Crippen LogP contribution in [0.5, 0.6) is 23.0 Å². The molecule has 0 aromatic heterocycles. The van der Waals surface area contributed by atoms with Crippen molar-refractivity contribution in [3.8, 4) is 23.0 Å². The molecule has 2 atom stereocenters. The van der Waals surface area contributed by atoms with Crippen molar-refractivity contribution in [1.29, 1.82) is 0 Å². The predicted molar refractivity (Wildman–Crippen MR) is 114 cm³/mol. The molecular formula is C23H26N2O7. The first-order valence-electron chi connectivity index (χ1n) is 10.2. The van der Waals surface area contributed by atoms with Crippen LogP contribution in [-0.2, 0) is 11.3 Å². The molecule has 0 saturated carbocycles. The van der Waals surface area contributed by atoms with E-state index in [0.29, 0.717) is 29.3 Å². The highest BCUT2D eigenvalue weighted by Crippen LogP contribution is 2.41. The number of rotatable bonds is 7. The second-order valence-corrected chi connectivity index (χ2v) is 7.88. The summed E-state index contributed by atoms with van der Waals surface area (Å²) in [6.45, 7) is 4.28. The number of benzene rings is 2. The third-order valence-corrected chi connectivity index (χ3v) is 6.04. The molecule has 0 saturated heterocycles. The lowest BCUT2D eigenvalue weighted by molar-refractivity contribution is -0.144. The lowest BCUT2D eigenvalue weighted by Gasteiger charge is -2.37. The Balaban J connectivity index is 1.71. The minimum Gasteiger partial charge on any atom is -0.504 e. The van der Waals surface area contributed by atoms with Gasteiger partial charge in [-0.25, -0.2) is 5.06 Å². The Hall–Kier alpha value is -3.59. The molecule has 0 amide bonds. The van der Waals surface area contributed by atoms with Crippen LogP contribution < -0.4 is 14.2 Å². The van der Waals surface area contributed by atoms with Gasteiger partial charge in [0.2, 0.25) is 6.79 Å². The maximum atomic E-state index is 11.8. The first kappa shape index (κ1) is 21.6. The number of methoxy groups -OCH3 is 1. The molecule has 2 unspecified atom stereocenters. The second-order valence-electron chi connectivity index (χ2n) is 7.88. The topological polar surface area (TPSA) is 112 Å². The van der Waals surface area contributed by atoms with Crippen molar-refractivity contribution in [1.82, 2.24) is 9.96 Å². The fourth-order valence-electron chi connectivity index (χ4n) is 4.25. The van der Waals surface area contributed by atoms with Crippen LogP contribution in [0.3, 0.4) is 0 Å². The van der Waals surface area contributed by atoms with Crippen molar-refractivity contribution in [3.05, 3.63) is 58.9 Å². The molecule has 0 spiro atoms. The number of carboxylic acid groups (broad SMARTS) is 1. The number of fused-ring (bicyclic) bond motifs is 1. The number of hydroxylamine groups is 2. The average Bonchev–Trinajstić information content (AvgIpc) is 3.31. The van der Waals surface area contributed by atoms with Gasteiger partial charge in [-0.1, -0.05) is 12.1 Å². The van der Waals surface area contributed by atoms with E-state index >= 15 is 0 Å². The number of nitrogens with zero attached hydrogens (tertiary/aromatic N) is 2. The van der Waals surface area contributed by atoms with Gasteiger partial charge in [0.1, 0.15) is 6.17 Å². The third kappa shape index (κ3) is 3.87. The first-order valence-corrected chi connectivity index (χ1v) is 10.2. The number of hydrogen-bond acceptors (Lipinski definition) is 8. The molecule has 170 valence electrons. The monoisotopic (exact) mass is 442 g/mol. The predicted octanol–water partition coefficient (Wildman–Crippen LogP) is 3.47. The van der Waals surface area contributed by atoms with Gasteiger partial charge in [-0.2, -0.15) is 0 Å². The average molecular weight is 442 g/mol. The van der Waals surface area contributed by atoms with E-state index in [9.17, 15) is 20.2 Å². The molecule has 0 bridgehead atoms. The lowest BCUT2D eigenvalue weighted by Crippen LogP contribution is -2.43. The zero-order chi connectivity index (χ0) is 23.0. The normalized spacial score (nSPS) is 18.3. The molecule has 0 fully saturated rings. The van der Waals surface area contributed by atoms with Crippen molar-refractivity contribution in [2.24, 2.45) is 0 Å². The van der Waals surface area contributed by atoms with Crippen LogP contribution in [0.15, 0.2) is 47.8 Å². The summed E-state index contributed by atoms with van der Waals surface area (Å²) in [6, 6.07) is 10.4. The summed E-state index contributed by atoms with van der Waals surface area (Å²) >= 11 is 0. The fraction of sp³-hybridized carbons (Fsp3) is 0.348. The molecular weight excluding hydrogens is 416 g/mol. The molecule has 0 radical (unpaired) electrons. The van der Waals surface area contributed by atoms with Crippen LogP contribution >= 0.6 is 0 Å². The van der Waals surface area contributed by atoms with Crippen LogP contribution in [-0.4, -0.2) is 51.4 Å². The number of aromatic hydroxyl groups is 1. The number of carboxylic acids is 1. The van der Waals surface area contributed by atoms with Crippen molar-refractivity contribution in [2.75, 3.05) is 13.9 Å². The van der Waals surface area contributed by atoms with Crippen LogP contribution in [0, 0.1) is 0 Å². The molecule has 4 rings (SSSR count). The molecule has 0 aliphatic carbocycles. The lowest BCUT2D eigenvalue weighted by atomic mass is 9.91. The van der Waals surface area contributed by atoms with Gasteiger partial charge in [-0.3, -0.25) is 10.0 Å². The SMILES string of the molecule is COc1cc(C(CC(=O)O)C2N(O)C(C)=C(C)N2Cc2ccc3c(c2)OCO3)ccc1O. The summed E-state index contributed by atoms with van der Waals surface area (Å²) in [5.74, 6) is -0.0832. The minimum absolute atomic E-state index is 0.0414. The summed E-state index contributed by atoms with van der Waals surface area (Å²) in [4.78, 5) is 13.8. The Labute approximate surface area is 185 Å². The summed E-state index contributed by atoms with van der Waals surface area (Å²) < 4.78 is 16.1. The highest BCUT2D eigenvalue weighted by atomic mass is 16.7. The van der Waals surface area contributed by atoms with Gasteiger partial charge in [0.25, 0.3) is 0 Å². The number of phenols is 1. The summed E-state index contributed by atoms with van der Waals surface area (Å²) in [5, 5.41) is 31.7. The molecule has 2 aromatic carbocycles. The minimum atomic E-state index is -0.999. The van der Waals surface area contributed by atoms with Gasteiger partial charge in [0.05, 0.1) is 19.2 Å². The molecule has 2 aliphatic heterocycles.